The SMILES string of the molecule is Fc1ccc(-c2nc3c([nH]2)CN(CC2CCCCO2)CC3)c(F)c1. The van der Waals surface area contributed by atoms with E-state index in [1.807, 2.05) is 0 Å². The van der Waals surface area contributed by atoms with Crippen molar-refractivity contribution in [2.24, 2.45) is 0 Å². The van der Waals surface area contributed by atoms with Gasteiger partial charge in [0.15, 0.2) is 0 Å². The van der Waals surface area contributed by atoms with Crippen LogP contribution in [0.4, 0.5) is 8.78 Å². The first-order valence-corrected chi connectivity index (χ1v) is 8.56. The standard InChI is InChI=1S/C18H21F2N3O/c19-12-4-5-14(15(20)9-12)18-21-16-6-7-23(11-17(16)22-18)10-13-3-1-2-8-24-13/h4-5,9,13H,1-3,6-8,10-11H2,(H,21,22). The molecule has 2 aromatic rings. The number of benzene rings is 1. The van der Waals surface area contributed by atoms with E-state index in [9.17, 15) is 8.78 Å². The van der Waals surface area contributed by atoms with Crippen LogP contribution >= 0.6 is 0 Å². The Morgan fingerprint density at radius 3 is 3.00 bits per heavy atom. The number of aromatic amines is 1. The lowest BCUT2D eigenvalue weighted by Gasteiger charge is -2.31. The van der Waals surface area contributed by atoms with Crippen LogP contribution in [-0.2, 0) is 17.7 Å². The molecule has 1 aromatic carbocycles. The Hall–Kier alpha value is -1.79. The first-order valence-electron chi connectivity index (χ1n) is 8.56. The summed E-state index contributed by atoms with van der Waals surface area (Å²) in [5.74, 6) is -0.687. The van der Waals surface area contributed by atoms with Gasteiger partial charge in [-0.05, 0) is 31.4 Å². The smallest absolute Gasteiger partial charge is 0.140 e. The molecule has 0 spiro atoms. The van der Waals surface area contributed by atoms with Gasteiger partial charge in [-0.1, -0.05) is 0 Å². The van der Waals surface area contributed by atoms with Gasteiger partial charge in [-0.2, -0.15) is 0 Å². The lowest BCUT2D eigenvalue weighted by Crippen LogP contribution is -2.38. The lowest BCUT2D eigenvalue weighted by molar-refractivity contribution is -0.00826. The molecule has 0 saturated carbocycles. The van der Waals surface area contributed by atoms with Crippen LogP contribution in [-0.4, -0.2) is 40.7 Å². The fourth-order valence-electron chi connectivity index (χ4n) is 3.55. The minimum Gasteiger partial charge on any atom is -0.377 e. The highest BCUT2D eigenvalue weighted by molar-refractivity contribution is 5.57. The normalized spacial score (nSPS) is 21.7. The Morgan fingerprint density at radius 2 is 2.21 bits per heavy atom. The summed E-state index contributed by atoms with van der Waals surface area (Å²) in [4.78, 5) is 10.1. The predicted molar refractivity (Wildman–Crippen MR) is 86.5 cm³/mol. The minimum atomic E-state index is -0.589. The number of H-pyrrole nitrogens is 1. The second kappa shape index (κ2) is 6.61. The molecule has 6 heteroatoms. The average Bonchev–Trinajstić information content (AvgIpc) is 2.98. The van der Waals surface area contributed by atoms with Crippen LogP contribution in [0.1, 0.15) is 30.7 Å². The van der Waals surface area contributed by atoms with Crippen molar-refractivity contribution in [3.05, 3.63) is 41.2 Å². The molecule has 24 heavy (non-hydrogen) atoms. The predicted octanol–water partition coefficient (Wildman–Crippen LogP) is 3.28. The van der Waals surface area contributed by atoms with Gasteiger partial charge in [-0.15, -0.1) is 0 Å². The zero-order chi connectivity index (χ0) is 16.5. The van der Waals surface area contributed by atoms with Gasteiger partial charge in [-0.3, -0.25) is 4.90 Å². The largest absolute Gasteiger partial charge is 0.377 e. The van der Waals surface area contributed by atoms with E-state index >= 15 is 0 Å². The van der Waals surface area contributed by atoms with Crippen LogP contribution in [0, 0.1) is 11.6 Å². The highest BCUT2D eigenvalue weighted by Crippen LogP contribution is 2.26. The number of hydrogen-bond donors (Lipinski definition) is 1. The number of halogens is 2. The number of nitrogens with one attached hydrogen (secondary N) is 1. The molecule has 0 amide bonds. The third-order valence-electron chi connectivity index (χ3n) is 4.83. The molecule has 1 saturated heterocycles. The summed E-state index contributed by atoms with van der Waals surface area (Å²) in [6.07, 6.45) is 4.67. The highest BCUT2D eigenvalue weighted by Gasteiger charge is 2.24. The van der Waals surface area contributed by atoms with E-state index < -0.39 is 11.6 Å². The van der Waals surface area contributed by atoms with Gasteiger partial charge >= 0.3 is 0 Å². The van der Waals surface area contributed by atoms with Gasteiger partial charge < -0.3 is 9.72 Å². The monoisotopic (exact) mass is 333 g/mol. The number of rotatable bonds is 3. The maximum Gasteiger partial charge on any atom is 0.140 e. The molecular formula is C18H21F2N3O. The number of fused-ring (bicyclic) bond motifs is 1. The van der Waals surface area contributed by atoms with Crippen molar-refractivity contribution in [1.29, 1.82) is 0 Å². The summed E-state index contributed by atoms with van der Waals surface area (Å²) in [5, 5.41) is 0. The van der Waals surface area contributed by atoms with Gasteiger partial charge in [0, 0.05) is 38.7 Å². The quantitative estimate of drug-likeness (QED) is 0.937. The van der Waals surface area contributed by atoms with Crippen molar-refractivity contribution < 1.29 is 13.5 Å². The fourth-order valence-corrected chi connectivity index (χ4v) is 3.55. The number of aromatic nitrogens is 2. The van der Waals surface area contributed by atoms with E-state index in [2.05, 4.69) is 14.9 Å². The molecule has 0 bridgehead atoms. The zero-order valence-electron chi connectivity index (χ0n) is 13.5. The molecule has 3 heterocycles. The van der Waals surface area contributed by atoms with Gasteiger partial charge in [0.2, 0.25) is 0 Å². The van der Waals surface area contributed by atoms with Gasteiger partial charge in [0.25, 0.3) is 0 Å². The summed E-state index contributed by atoms with van der Waals surface area (Å²) in [7, 11) is 0. The summed E-state index contributed by atoms with van der Waals surface area (Å²) in [6, 6.07) is 3.58. The van der Waals surface area contributed by atoms with Gasteiger partial charge in [0.1, 0.15) is 17.5 Å². The third-order valence-corrected chi connectivity index (χ3v) is 4.83. The summed E-state index contributed by atoms with van der Waals surface area (Å²) >= 11 is 0. The summed E-state index contributed by atoms with van der Waals surface area (Å²) < 4.78 is 32.9. The molecule has 4 nitrogen and oxygen atoms in total. The molecule has 2 aliphatic rings. The van der Waals surface area contributed by atoms with Crippen molar-refractivity contribution in [2.45, 2.75) is 38.3 Å². The van der Waals surface area contributed by atoms with Crippen LogP contribution in [0.25, 0.3) is 11.4 Å². The Bertz CT molecular complexity index is 725. The van der Waals surface area contributed by atoms with Crippen molar-refractivity contribution in [1.82, 2.24) is 14.9 Å². The molecule has 1 atom stereocenters. The summed E-state index contributed by atoms with van der Waals surface area (Å²) in [6.45, 7) is 3.49. The molecule has 1 fully saturated rings. The van der Waals surface area contributed by atoms with E-state index in [4.69, 9.17) is 4.74 Å². The minimum absolute atomic E-state index is 0.313. The van der Waals surface area contributed by atoms with Crippen LogP contribution < -0.4 is 0 Å². The topological polar surface area (TPSA) is 41.2 Å². The van der Waals surface area contributed by atoms with Crippen molar-refractivity contribution in [2.75, 3.05) is 19.7 Å². The van der Waals surface area contributed by atoms with Crippen LogP contribution in [0.5, 0.6) is 0 Å². The molecule has 0 radical (unpaired) electrons. The van der Waals surface area contributed by atoms with Gasteiger partial charge in [-0.25, -0.2) is 13.8 Å². The van der Waals surface area contributed by atoms with Crippen molar-refractivity contribution >= 4 is 0 Å². The third kappa shape index (κ3) is 3.21. The van der Waals surface area contributed by atoms with Crippen LogP contribution in [0.3, 0.4) is 0 Å². The van der Waals surface area contributed by atoms with Crippen molar-refractivity contribution in [3.63, 3.8) is 0 Å². The number of nitrogens with zero attached hydrogens (tertiary/aromatic N) is 2. The number of ether oxygens (including phenoxy) is 1. The van der Waals surface area contributed by atoms with E-state index in [1.54, 1.807) is 0 Å². The second-order valence-electron chi connectivity index (χ2n) is 6.61. The highest BCUT2D eigenvalue weighted by atomic mass is 19.1. The maximum absolute atomic E-state index is 14.0. The molecule has 1 N–H and O–H groups in total. The van der Waals surface area contributed by atoms with Gasteiger partial charge in [0.05, 0.1) is 23.1 Å². The molecule has 4 rings (SSSR count). The first-order chi connectivity index (χ1) is 11.7. The van der Waals surface area contributed by atoms with E-state index in [1.165, 1.54) is 18.6 Å². The second-order valence-corrected chi connectivity index (χ2v) is 6.61. The molecule has 1 unspecified atom stereocenters. The van der Waals surface area contributed by atoms with Crippen LogP contribution in [0.15, 0.2) is 18.2 Å². The summed E-state index contributed by atoms with van der Waals surface area (Å²) in [5.41, 5.74) is 2.32. The lowest BCUT2D eigenvalue weighted by atomic mass is 10.1. The van der Waals surface area contributed by atoms with Crippen LogP contribution in [0.2, 0.25) is 0 Å². The number of imidazole rings is 1. The maximum atomic E-state index is 14.0. The number of hydrogen-bond acceptors (Lipinski definition) is 3. The average molecular weight is 333 g/mol. The van der Waals surface area contributed by atoms with E-state index in [0.717, 1.165) is 63.0 Å². The molecule has 2 aliphatic heterocycles. The Labute approximate surface area is 139 Å². The Balaban J connectivity index is 1.49. The zero-order valence-corrected chi connectivity index (χ0v) is 13.5. The Morgan fingerprint density at radius 1 is 1.29 bits per heavy atom. The van der Waals surface area contributed by atoms with E-state index in [-0.39, 0.29) is 0 Å². The molecular weight excluding hydrogens is 312 g/mol. The van der Waals surface area contributed by atoms with E-state index in [0.29, 0.717) is 17.5 Å². The molecule has 0 aliphatic carbocycles. The molecule has 1 aromatic heterocycles. The molecule has 128 valence electrons. The van der Waals surface area contributed by atoms with Crippen molar-refractivity contribution in [3.8, 4) is 11.4 Å². The first kappa shape index (κ1) is 15.7. The Kier molecular flexibility index (Phi) is 4.33. The fraction of sp³-hybridized carbons (Fsp3) is 0.500.